The van der Waals surface area contributed by atoms with Crippen molar-refractivity contribution in [3.05, 3.63) is 28.8 Å². The van der Waals surface area contributed by atoms with E-state index in [1.54, 1.807) is 12.1 Å². The van der Waals surface area contributed by atoms with Crippen LogP contribution in [0.3, 0.4) is 0 Å². The summed E-state index contributed by atoms with van der Waals surface area (Å²) in [6, 6.07) is 5.39. The summed E-state index contributed by atoms with van der Waals surface area (Å²) in [5, 5.41) is 1.52. The third kappa shape index (κ3) is 2.06. The van der Waals surface area contributed by atoms with E-state index in [1.807, 2.05) is 13.0 Å². The highest BCUT2D eigenvalue weighted by Gasteiger charge is 2.07. The SMILES string of the molecule is CCC(=O)c1cc(P)ccc1Cl. The predicted molar refractivity (Wildman–Crippen MR) is 55.4 cm³/mol. The van der Waals surface area contributed by atoms with Crippen LogP contribution in [0, 0.1) is 0 Å². The molecule has 0 bridgehead atoms. The van der Waals surface area contributed by atoms with Gasteiger partial charge in [-0.15, -0.1) is 9.24 Å². The molecule has 1 nitrogen and oxygen atoms in total. The predicted octanol–water partition coefficient (Wildman–Crippen LogP) is 2.43. The van der Waals surface area contributed by atoms with Crippen LogP contribution < -0.4 is 5.30 Å². The van der Waals surface area contributed by atoms with E-state index in [-0.39, 0.29) is 5.78 Å². The lowest BCUT2D eigenvalue weighted by Gasteiger charge is -2.01. The van der Waals surface area contributed by atoms with Crippen LogP contribution in [0.5, 0.6) is 0 Å². The van der Waals surface area contributed by atoms with Gasteiger partial charge in [0.05, 0.1) is 5.02 Å². The van der Waals surface area contributed by atoms with E-state index in [0.29, 0.717) is 17.0 Å². The monoisotopic (exact) mass is 200 g/mol. The minimum absolute atomic E-state index is 0.0873. The number of ketones is 1. The molecule has 64 valence electrons. The molecular formula is C9H10ClOP. The molecule has 0 fully saturated rings. The molecule has 0 N–H and O–H groups in total. The highest BCUT2D eigenvalue weighted by Crippen LogP contribution is 2.16. The Hall–Kier alpha value is -0.390. The quantitative estimate of drug-likeness (QED) is 0.529. The van der Waals surface area contributed by atoms with Crippen molar-refractivity contribution in [3.63, 3.8) is 0 Å². The average molecular weight is 201 g/mol. The average Bonchev–Trinajstić information content (AvgIpc) is 2.08. The number of hydrogen-bond donors (Lipinski definition) is 0. The summed E-state index contributed by atoms with van der Waals surface area (Å²) in [5.41, 5.74) is 0.617. The summed E-state index contributed by atoms with van der Waals surface area (Å²) in [4.78, 5) is 11.3. The first-order chi connectivity index (χ1) is 5.65. The molecule has 0 aromatic heterocycles. The number of hydrogen-bond acceptors (Lipinski definition) is 1. The van der Waals surface area contributed by atoms with Gasteiger partial charge in [0.2, 0.25) is 0 Å². The minimum atomic E-state index is 0.0873. The zero-order valence-corrected chi connectivity index (χ0v) is 8.71. The maximum Gasteiger partial charge on any atom is 0.164 e. The van der Waals surface area contributed by atoms with Crippen molar-refractivity contribution in [2.75, 3.05) is 0 Å². The maximum atomic E-state index is 11.3. The summed E-state index contributed by atoms with van der Waals surface area (Å²) >= 11 is 5.84. The van der Waals surface area contributed by atoms with Crippen LogP contribution >= 0.6 is 20.8 Å². The van der Waals surface area contributed by atoms with Gasteiger partial charge in [-0.3, -0.25) is 4.79 Å². The number of carbonyl (C=O) groups is 1. The molecule has 0 aliphatic carbocycles. The lowest BCUT2D eigenvalue weighted by Crippen LogP contribution is -2.02. The molecular weight excluding hydrogens is 191 g/mol. The molecule has 0 aliphatic rings. The molecule has 0 saturated carbocycles. The van der Waals surface area contributed by atoms with E-state index < -0.39 is 0 Å². The molecule has 3 heteroatoms. The van der Waals surface area contributed by atoms with Crippen LogP contribution in [0.25, 0.3) is 0 Å². The van der Waals surface area contributed by atoms with E-state index in [9.17, 15) is 4.79 Å². The van der Waals surface area contributed by atoms with Gasteiger partial charge < -0.3 is 0 Å². The molecule has 1 aromatic carbocycles. The fraction of sp³-hybridized carbons (Fsp3) is 0.222. The summed E-state index contributed by atoms with van der Waals surface area (Å²) in [6.07, 6.45) is 0.494. The molecule has 0 heterocycles. The van der Waals surface area contributed by atoms with Crippen LogP contribution in [0.15, 0.2) is 18.2 Å². The first-order valence-electron chi connectivity index (χ1n) is 3.73. The molecule has 1 aromatic rings. The second kappa shape index (κ2) is 4.02. The Labute approximate surface area is 79.3 Å². The van der Waals surface area contributed by atoms with Crippen LogP contribution in [0.1, 0.15) is 23.7 Å². The smallest absolute Gasteiger partial charge is 0.164 e. The summed E-state index contributed by atoms with van der Waals surface area (Å²) in [6.45, 7) is 1.83. The molecule has 12 heavy (non-hydrogen) atoms. The summed E-state index contributed by atoms with van der Waals surface area (Å²) in [5.74, 6) is 0.0873. The Balaban J connectivity index is 3.13. The highest BCUT2D eigenvalue weighted by atomic mass is 35.5. The highest BCUT2D eigenvalue weighted by molar-refractivity contribution is 7.27. The van der Waals surface area contributed by atoms with E-state index in [4.69, 9.17) is 11.6 Å². The number of carbonyl (C=O) groups excluding carboxylic acids is 1. The van der Waals surface area contributed by atoms with Gasteiger partial charge in [-0.1, -0.05) is 24.6 Å². The first kappa shape index (κ1) is 9.70. The summed E-state index contributed by atoms with van der Waals surface area (Å²) < 4.78 is 0. The first-order valence-corrected chi connectivity index (χ1v) is 4.69. The van der Waals surface area contributed by atoms with Crippen LogP contribution in [0.4, 0.5) is 0 Å². The number of halogens is 1. The van der Waals surface area contributed by atoms with Gasteiger partial charge in [0, 0.05) is 12.0 Å². The Morgan fingerprint density at radius 2 is 2.25 bits per heavy atom. The van der Waals surface area contributed by atoms with E-state index in [0.717, 1.165) is 5.30 Å². The minimum Gasteiger partial charge on any atom is -0.294 e. The standard InChI is InChI=1S/C9H10ClOP/c1-2-9(11)7-5-6(12)3-4-8(7)10/h3-5H,2,12H2,1H3. The largest absolute Gasteiger partial charge is 0.294 e. The lowest BCUT2D eigenvalue weighted by molar-refractivity contribution is 0.0988. The summed E-state index contributed by atoms with van der Waals surface area (Å²) in [7, 11) is 2.54. The third-order valence-corrected chi connectivity index (χ3v) is 2.30. The zero-order valence-electron chi connectivity index (χ0n) is 6.80. The molecule has 0 saturated heterocycles. The molecule has 1 atom stereocenters. The van der Waals surface area contributed by atoms with Crippen LogP contribution in [0.2, 0.25) is 5.02 Å². The third-order valence-electron chi connectivity index (χ3n) is 1.61. The van der Waals surface area contributed by atoms with Gasteiger partial charge in [-0.2, -0.15) is 0 Å². The van der Waals surface area contributed by atoms with Gasteiger partial charge in [0.1, 0.15) is 0 Å². The van der Waals surface area contributed by atoms with Crippen molar-refractivity contribution >= 4 is 31.9 Å². The lowest BCUT2D eigenvalue weighted by atomic mass is 10.1. The van der Waals surface area contributed by atoms with Crippen molar-refractivity contribution in [1.29, 1.82) is 0 Å². The van der Waals surface area contributed by atoms with Gasteiger partial charge in [0.25, 0.3) is 0 Å². The Kier molecular flexibility index (Phi) is 3.25. The van der Waals surface area contributed by atoms with Gasteiger partial charge in [-0.25, -0.2) is 0 Å². The molecule has 1 unspecified atom stereocenters. The van der Waals surface area contributed by atoms with Crippen molar-refractivity contribution < 1.29 is 4.79 Å². The Bertz CT molecular complexity index is 309. The maximum absolute atomic E-state index is 11.3. The van der Waals surface area contributed by atoms with E-state index >= 15 is 0 Å². The van der Waals surface area contributed by atoms with Gasteiger partial charge >= 0.3 is 0 Å². The molecule has 0 radical (unpaired) electrons. The second-order valence-corrected chi connectivity index (χ2v) is 3.59. The van der Waals surface area contributed by atoms with E-state index in [1.165, 1.54) is 0 Å². The van der Waals surface area contributed by atoms with Gasteiger partial charge in [-0.05, 0) is 17.4 Å². The number of benzene rings is 1. The van der Waals surface area contributed by atoms with Gasteiger partial charge in [0.15, 0.2) is 5.78 Å². The number of rotatable bonds is 2. The fourth-order valence-corrected chi connectivity index (χ4v) is 1.43. The Morgan fingerprint density at radius 1 is 1.58 bits per heavy atom. The van der Waals surface area contributed by atoms with Crippen molar-refractivity contribution in [2.24, 2.45) is 0 Å². The van der Waals surface area contributed by atoms with Crippen molar-refractivity contribution in [1.82, 2.24) is 0 Å². The molecule has 0 spiro atoms. The number of Topliss-reactive ketones (excluding diaryl/α,β-unsaturated/α-hetero) is 1. The van der Waals surface area contributed by atoms with Crippen molar-refractivity contribution in [3.8, 4) is 0 Å². The fourth-order valence-electron chi connectivity index (χ4n) is 0.947. The van der Waals surface area contributed by atoms with Crippen LogP contribution in [-0.4, -0.2) is 5.78 Å². The Morgan fingerprint density at radius 3 is 2.83 bits per heavy atom. The second-order valence-electron chi connectivity index (χ2n) is 2.52. The molecule has 0 aliphatic heterocycles. The van der Waals surface area contributed by atoms with Crippen molar-refractivity contribution in [2.45, 2.75) is 13.3 Å². The zero-order chi connectivity index (χ0) is 9.14. The normalized spacial score (nSPS) is 9.92. The topological polar surface area (TPSA) is 17.1 Å². The molecule has 1 rings (SSSR count). The van der Waals surface area contributed by atoms with Crippen LogP contribution in [-0.2, 0) is 0 Å². The molecule has 0 amide bonds. The van der Waals surface area contributed by atoms with E-state index in [2.05, 4.69) is 9.24 Å².